The first-order valence-electron chi connectivity index (χ1n) is 5.32. The van der Waals surface area contributed by atoms with Gasteiger partial charge in [-0.2, -0.15) is 0 Å². The summed E-state index contributed by atoms with van der Waals surface area (Å²) in [6, 6.07) is 10.3. The Hall–Kier alpha value is -1.00. The Morgan fingerprint density at radius 3 is 2.47 bits per heavy atom. The molecule has 0 amide bonds. The van der Waals surface area contributed by atoms with Crippen LogP contribution in [0.3, 0.4) is 0 Å². The molecule has 4 heteroatoms. The number of H-pyrrole nitrogens is 1. The van der Waals surface area contributed by atoms with Crippen molar-refractivity contribution in [1.82, 2.24) is 9.97 Å². The summed E-state index contributed by atoms with van der Waals surface area (Å²) in [7, 11) is 0. The Morgan fingerprint density at radius 2 is 1.88 bits per heavy atom. The van der Waals surface area contributed by atoms with Crippen molar-refractivity contribution in [2.24, 2.45) is 0 Å². The third-order valence-corrected chi connectivity index (χ3v) is 4.03. The normalized spacial score (nSPS) is 11.5. The first kappa shape index (κ1) is 12.5. The van der Waals surface area contributed by atoms with Gasteiger partial charge in [-0.25, -0.2) is 4.98 Å². The minimum absolute atomic E-state index is 0.185. The van der Waals surface area contributed by atoms with Crippen LogP contribution in [-0.4, -0.2) is 9.97 Å². The highest BCUT2D eigenvalue weighted by molar-refractivity contribution is 9.10. The quantitative estimate of drug-likeness (QED) is 0.841. The minimum atomic E-state index is -0.185. The lowest BCUT2D eigenvalue weighted by atomic mass is 9.84. The monoisotopic (exact) mass is 308 g/mol. The summed E-state index contributed by atoms with van der Waals surface area (Å²) in [5, 5.41) is 0. The molecular weight excluding hydrogens is 296 g/mol. The number of nitrogens with one attached hydrogen (secondary N) is 1. The second-order valence-electron chi connectivity index (χ2n) is 4.40. The van der Waals surface area contributed by atoms with Crippen LogP contribution in [0.1, 0.15) is 25.2 Å². The predicted molar refractivity (Wildman–Crippen MR) is 75.7 cm³/mol. The lowest BCUT2D eigenvalue weighted by Gasteiger charge is -2.24. The maximum Gasteiger partial charge on any atom is 0.120 e. The van der Waals surface area contributed by atoms with Crippen molar-refractivity contribution in [2.75, 3.05) is 0 Å². The average molecular weight is 309 g/mol. The van der Waals surface area contributed by atoms with Gasteiger partial charge in [0.25, 0.3) is 0 Å². The van der Waals surface area contributed by atoms with E-state index in [1.165, 1.54) is 5.56 Å². The maximum atomic E-state index is 5.22. The molecule has 0 spiro atoms. The molecule has 1 aromatic carbocycles. The molecule has 0 atom stereocenters. The SMILES string of the molecule is CC(C)(c1ccccc1)c1ncc(Br)c(=S)[nH]1. The Morgan fingerprint density at radius 1 is 1.24 bits per heavy atom. The van der Waals surface area contributed by atoms with Gasteiger partial charge in [-0.15, -0.1) is 0 Å². The van der Waals surface area contributed by atoms with Crippen LogP contribution in [-0.2, 0) is 5.41 Å². The summed E-state index contributed by atoms with van der Waals surface area (Å²) in [4.78, 5) is 7.59. The van der Waals surface area contributed by atoms with Gasteiger partial charge in [-0.05, 0) is 35.3 Å². The molecule has 0 saturated carbocycles. The smallest absolute Gasteiger partial charge is 0.120 e. The number of aromatic amines is 1. The van der Waals surface area contributed by atoms with Crippen LogP contribution in [0.25, 0.3) is 0 Å². The predicted octanol–water partition coefficient (Wildman–Crippen LogP) is 4.23. The van der Waals surface area contributed by atoms with E-state index in [4.69, 9.17) is 12.2 Å². The van der Waals surface area contributed by atoms with Gasteiger partial charge in [0.05, 0.1) is 4.47 Å². The summed E-state index contributed by atoms with van der Waals surface area (Å²) in [6.07, 6.45) is 1.75. The Kier molecular flexibility index (Phi) is 3.45. The molecule has 17 heavy (non-hydrogen) atoms. The van der Waals surface area contributed by atoms with E-state index < -0.39 is 0 Å². The Labute approximate surface area is 114 Å². The lowest BCUT2D eigenvalue weighted by Crippen LogP contribution is -2.22. The molecule has 88 valence electrons. The summed E-state index contributed by atoms with van der Waals surface area (Å²) in [6.45, 7) is 4.26. The first-order valence-corrected chi connectivity index (χ1v) is 6.53. The maximum absolute atomic E-state index is 5.22. The number of benzene rings is 1. The highest BCUT2D eigenvalue weighted by Crippen LogP contribution is 2.28. The van der Waals surface area contributed by atoms with Crippen molar-refractivity contribution in [3.8, 4) is 0 Å². The average Bonchev–Trinajstić information content (AvgIpc) is 2.33. The van der Waals surface area contributed by atoms with E-state index in [-0.39, 0.29) is 5.41 Å². The molecule has 0 aliphatic rings. The summed E-state index contributed by atoms with van der Waals surface area (Å²) >= 11 is 8.57. The third kappa shape index (κ3) is 2.48. The topological polar surface area (TPSA) is 28.7 Å². The first-order chi connectivity index (χ1) is 8.01. The molecule has 0 radical (unpaired) electrons. The Balaban J connectivity index is 2.52. The van der Waals surface area contributed by atoms with Crippen LogP contribution in [0.15, 0.2) is 41.0 Å². The van der Waals surface area contributed by atoms with Crippen molar-refractivity contribution < 1.29 is 0 Å². The number of halogens is 1. The molecule has 1 N–H and O–H groups in total. The number of rotatable bonds is 2. The van der Waals surface area contributed by atoms with Gasteiger partial charge in [-0.1, -0.05) is 42.5 Å². The fourth-order valence-electron chi connectivity index (χ4n) is 1.69. The van der Waals surface area contributed by atoms with Gasteiger partial charge in [0, 0.05) is 11.6 Å². The van der Waals surface area contributed by atoms with E-state index in [9.17, 15) is 0 Å². The molecule has 0 aliphatic carbocycles. The second kappa shape index (κ2) is 4.70. The Bertz CT molecular complexity index is 575. The van der Waals surface area contributed by atoms with Crippen molar-refractivity contribution in [3.05, 3.63) is 57.0 Å². The highest BCUT2D eigenvalue weighted by atomic mass is 79.9. The fourth-order valence-corrected chi connectivity index (χ4v) is 2.04. The molecular formula is C13H13BrN2S. The van der Waals surface area contributed by atoms with Gasteiger partial charge in [0.2, 0.25) is 0 Å². The van der Waals surface area contributed by atoms with Crippen LogP contribution in [0, 0.1) is 4.64 Å². The number of hydrogen-bond donors (Lipinski definition) is 1. The van der Waals surface area contributed by atoms with E-state index >= 15 is 0 Å². The van der Waals surface area contributed by atoms with Crippen LogP contribution < -0.4 is 0 Å². The molecule has 1 aromatic heterocycles. The van der Waals surface area contributed by atoms with Gasteiger partial charge in [0.15, 0.2) is 0 Å². The summed E-state index contributed by atoms with van der Waals surface area (Å²) in [5.74, 6) is 0.872. The summed E-state index contributed by atoms with van der Waals surface area (Å²) in [5.41, 5.74) is 1.02. The number of hydrogen-bond acceptors (Lipinski definition) is 2. The standard InChI is InChI=1S/C13H13BrN2S/c1-13(2,9-6-4-3-5-7-9)12-15-8-10(14)11(17)16-12/h3-8H,1-2H3,(H,15,16,17). The van der Waals surface area contributed by atoms with Crippen molar-refractivity contribution in [1.29, 1.82) is 0 Å². The van der Waals surface area contributed by atoms with Gasteiger partial charge < -0.3 is 4.98 Å². The van der Waals surface area contributed by atoms with E-state index in [0.29, 0.717) is 4.64 Å². The van der Waals surface area contributed by atoms with Gasteiger partial charge in [-0.3, -0.25) is 0 Å². The lowest BCUT2D eigenvalue weighted by molar-refractivity contribution is 0.588. The van der Waals surface area contributed by atoms with E-state index in [2.05, 4.69) is 51.9 Å². The molecule has 0 unspecified atom stereocenters. The molecule has 0 aliphatic heterocycles. The molecule has 2 rings (SSSR count). The molecule has 1 heterocycles. The zero-order valence-electron chi connectivity index (χ0n) is 9.70. The van der Waals surface area contributed by atoms with E-state index in [1.807, 2.05) is 18.2 Å². The van der Waals surface area contributed by atoms with Crippen molar-refractivity contribution >= 4 is 28.1 Å². The number of aromatic nitrogens is 2. The van der Waals surface area contributed by atoms with Gasteiger partial charge >= 0.3 is 0 Å². The van der Waals surface area contributed by atoms with Gasteiger partial charge in [0.1, 0.15) is 10.5 Å². The third-order valence-electron chi connectivity index (χ3n) is 2.84. The molecule has 0 bridgehead atoms. The van der Waals surface area contributed by atoms with Crippen molar-refractivity contribution in [2.45, 2.75) is 19.3 Å². The zero-order chi connectivity index (χ0) is 12.5. The van der Waals surface area contributed by atoms with Crippen LogP contribution in [0.4, 0.5) is 0 Å². The molecule has 0 fully saturated rings. The fraction of sp³-hybridized carbons (Fsp3) is 0.231. The zero-order valence-corrected chi connectivity index (χ0v) is 12.1. The van der Waals surface area contributed by atoms with E-state index in [1.54, 1.807) is 6.20 Å². The van der Waals surface area contributed by atoms with Crippen LogP contribution >= 0.6 is 28.1 Å². The molecule has 0 saturated heterocycles. The number of nitrogens with zero attached hydrogens (tertiary/aromatic N) is 1. The molecule has 2 nitrogen and oxygen atoms in total. The van der Waals surface area contributed by atoms with Crippen LogP contribution in [0.2, 0.25) is 0 Å². The second-order valence-corrected chi connectivity index (χ2v) is 5.66. The van der Waals surface area contributed by atoms with E-state index in [0.717, 1.165) is 10.3 Å². The minimum Gasteiger partial charge on any atom is -0.333 e. The highest BCUT2D eigenvalue weighted by Gasteiger charge is 2.25. The summed E-state index contributed by atoms with van der Waals surface area (Å²) < 4.78 is 1.50. The molecule has 2 aromatic rings. The largest absolute Gasteiger partial charge is 0.333 e. The van der Waals surface area contributed by atoms with Crippen LogP contribution in [0.5, 0.6) is 0 Å². The van der Waals surface area contributed by atoms with Crippen molar-refractivity contribution in [3.63, 3.8) is 0 Å².